The van der Waals surface area contributed by atoms with E-state index in [-0.39, 0.29) is 5.97 Å². The summed E-state index contributed by atoms with van der Waals surface area (Å²) in [7, 11) is 0. The van der Waals surface area contributed by atoms with E-state index >= 15 is 0 Å². The third kappa shape index (κ3) is 3.98. The number of para-hydroxylation sites is 1. The van der Waals surface area contributed by atoms with E-state index in [0.29, 0.717) is 13.0 Å². The van der Waals surface area contributed by atoms with E-state index in [1.165, 1.54) is 24.1 Å². The van der Waals surface area contributed by atoms with Crippen LogP contribution in [0.15, 0.2) is 24.3 Å². The fourth-order valence-electron chi connectivity index (χ4n) is 2.65. The maximum absolute atomic E-state index is 11.3. The number of carbonyl (C=O) groups excluding carboxylic acids is 1. The minimum absolute atomic E-state index is 0.0680. The molecule has 1 heterocycles. The highest BCUT2D eigenvalue weighted by Crippen LogP contribution is 2.26. The SMILES string of the molecule is CCOC(=O)CCCCN1CCCc2ccccc21. The van der Waals surface area contributed by atoms with Crippen molar-refractivity contribution in [2.45, 2.75) is 39.0 Å². The van der Waals surface area contributed by atoms with Gasteiger partial charge in [-0.1, -0.05) is 18.2 Å². The molecule has 3 heteroatoms. The van der Waals surface area contributed by atoms with Gasteiger partial charge in [0.2, 0.25) is 0 Å². The van der Waals surface area contributed by atoms with E-state index in [9.17, 15) is 4.79 Å². The van der Waals surface area contributed by atoms with Gasteiger partial charge in [-0.15, -0.1) is 0 Å². The number of ether oxygens (including phenoxy) is 1. The maximum Gasteiger partial charge on any atom is 0.305 e. The molecule has 0 amide bonds. The van der Waals surface area contributed by atoms with E-state index in [2.05, 4.69) is 29.2 Å². The summed E-state index contributed by atoms with van der Waals surface area (Å²) in [6.45, 7) is 4.51. The lowest BCUT2D eigenvalue weighted by Gasteiger charge is -2.31. The molecule has 0 unspecified atom stereocenters. The Morgan fingerprint density at radius 2 is 2.16 bits per heavy atom. The summed E-state index contributed by atoms with van der Waals surface area (Å²) >= 11 is 0. The number of fused-ring (bicyclic) bond motifs is 1. The Kier molecular flexibility index (Phi) is 5.25. The van der Waals surface area contributed by atoms with E-state index in [0.717, 1.165) is 25.9 Å². The summed E-state index contributed by atoms with van der Waals surface area (Å²) in [6, 6.07) is 8.65. The van der Waals surface area contributed by atoms with Crippen LogP contribution < -0.4 is 4.90 Å². The van der Waals surface area contributed by atoms with Gasteiger partial charge in [0.05, 0.1) is 6.61 Å². The van der Waals surface area contributed by atoms with Crippen molar-refractivity contribution in [1.82, 2.24) is 0 Å². The van der Waals surface area contributed by atoms with Crippen molar-refractivity contribution in [2.75, 3.05) is 24.6 Å². The Labute approximate surface area is 115 Å². The summed E-state index contributed by atoms with van der Waals surface area (Å²) in [4.78, 5) is 13.7. The Balaban J connectivity index is 1.77. The number of rotatable bonds is 6. The predicted molar refractivity (Wildman–Crippen MR) is 77.5 cm³/mol. The van der Waals surface area contributed by atoms with Crippen molar-refractivity contribution in [3.8, 4) is 0 Å². The summed E-state index contributed by atoms with van der Waals surface area (Å²) in [5.41, 5.74) is 2.84. The molecule has 0 spiro atoms. The standard InChI is InChI=1S/C16H23NO2/c1-2-19-16(18)11-5-6-12-17-13-7-9-14-8-3-4-10-15(14)17/h3-4,8,10H,2,5-7,9,11-13H2,1H3. The maximum atomic E-state index is 11.3. The molecule has 0 N–H and O–H groups in total. The van der Waals surface area contributed by atoms with Crippen LogP contribution in [-0.2, 0) is 16.0 Å². The molecule has 0 radical (unpaired) electrons. The van der Waals surface area contributed by atoms with E-state index < -0.39 is 0 Å². The molecular formula is C16H23NO2. The van der Waals surface area contributed by atoms with E-state index in [4.69, 9.17) is 4.74 Å². The van der Waals surface area contributed by atoms with Crippen molar-refractivity contribution in [2.24, 2.45) is 0 Å². The summed E-state index contributed by atoms with van der Waals surface area (Å²) in [5.74, 6) is -0.0680. The molecule has 0 atom stereocenters. The zero-order valence-electron chi connectivity index (χ0n) is 11.7. The average Bonchev–Trinajstić information content (AvgIpc) is 2.44. The fourth-order valence-corrected chi connectivity index (χ4v) is 2.65. The molecule has 1 aromatic carbocycles. The largest absolute Gasteiger partial charge is 0.466 e. The molecule has 0 aliphatic carbocycles. The van der Waals surface area contributed by atoms with Crippen molar-refractivity contribution >= 4 is 11.7 Å². The van der Waals surface area contributed by atoms with Gasteiger partial charge in [-0.3, -0.25) is 4.79 Å². The van der Waals surface area contributed by atoms with Crippen LogP contribution in [0.5, 0.6) is 0 Å². The summed E-state index contributed by atoms with van der Waals surface area (Å²) in [6.07, 6.45) is 4.93. The zero-order valence-corrected chi connectivity index (χ0v) is 11.7. The van der Waals surface area contributed by atoms with Crippen LogP contribution >= 0.6 is 0 Å². The highest BCUT2D eigenvalue weighted by molar-refractivity contribution is 5.69. The quantitative estimate of drug-likeness (QED) is 0.582. The van der Waals surface area contributed by atoms with Crippen molar-refractivity contribution in [3.05, 3.63) is 29.8 Å². The fraction of sp³-hybridized carbons (Fsp3) is 0.562. The van der Waals surface area contributed by atoms with Crippen molar-refractivity contribution in [1.29, 1.82) is 0 Å². The molecular weight excluding hydrogens is 238 g/mol. The monoisotopic (exact) mass is 261 g/mol. The topological polar surface area (TPSA) is 29.5 Å². The second-order valence-corrected chi connectivity index (χ2v) is 4.98. The predicted octanol–water partition coefficient (Wildman–Crippen LogP) is 3.17. The number of benzene rings is 1. The van der Waals surface area contributed by atoms with Crippen LogP contribution in [0.1, 0.15) is 38.2 Å². The lowest BCUT2D eigenvalue weighted by atomic mass is 10.0. The number of hydrogen-bond acceptors (Lipinski definition) is 3. The molecule has 0 saturated carbocycles. The smallest absolute Gasteiger partial charge is 0.305 e. The van der Waals surface area contributed by atoms with Gasteiger partial charge in [0.15, 0.2) is 0 Å². The number of unbranched alkanes of at least 4 members (excludes halogenated alkanes) is 1. The number of aryl methyl sites for hydroxylation is 1. The highest BCUT2D eigenvalue weighted by atomic mass is 16.5. The van der Waals surface area contributed by atoms with Crippen LogP contribution in [-0.4, -0.2) is 25.7 Å². The number of anilines is 1. The van der Waals surface area contributed by atoms with Gasteiger partial charge in [-0.2, -0.15) is 0 Å². The Morgan fingerprint density at radius 1 is 1.32 bits per heavy atom. The minimum Gasteiger partial charge on any atom is -0.466 e. The first-order valence-electron chi connectivity index (χ1n) is 7.29. The van der Waals surface area contributed by atoms with Crippen molar-refractivity contribution < 1.29 is 9.53 Å². The molecule has 0 saturated heterocycles. The molecule has 0 aromatic heterocycles. The van der Waals surface area contributed by atoms with Crippen molar-refractivity contribution in [3.63, 3.8) is 0 Å². The number of esters is 1. The molecule has 3 nitrogen and oxygen atoms in total. The van der Waals surface area contributed by atoms with Gasteiger partial charge in [0, 0.05) is 25.2 Å². The van der Waals surface area contributed by atoms with Crippen LogP contribution in [0.4, 0.5) is 5.69 Å². The first kappa shape index (κ1) is 13.9. The lowest BCUT2D eigenvalue weighted by Crippen LogP contribution is -2.30. The van der Waals surface area contributed by atoms with Gasteiger partial charge < -0.3 is 9.64 Å². The van der Waals surface area contributed by atoms with E-state index in [1.807, 2.05) is 6.92 Å². The summed E-state index contributed by atoms with van der Waals surface area (Å²) < 4.78 is 4.94. The van der Waals surface area contributed by atoms with Crippen LogP contribution in [0.3, 0.4) is 0 Å². The Morgan fingerprint density at radius 3 is 3.00 bits per heavy atom. The molecule has 1 aliphatic rings. The van der Waals surface area contributed by atoms with Gasteiger partial charge in [0.1, 0.15) is 0 Å². The third-order valence-corrected chi connectivity index (χ3v) is 3.57. The molecule has 19 heavy (non-hydrogen) atoms. The third-order valence-electron chi connectivity index (χ3n) is 3.57. The van der Waals surface area contributed by atoms with Gasteiger partial charge >= 0.3 is 5.97 Å². The molecule has 0 bridgehead atoms. The first-order valence-corrected chi connectivity index (χ1v) is 7.29. The molecule has 1 aliphatic heterocycles. The normalized spacial score (nSPS) is 14.1. The Bertz CT molecular complexity index is 417. The second kappa shape index (κ2) is 7.17. The number of hydrogen-bond donors (Lipinski definition) is 0. The van der Waals surface area contributed by atoms with Crippen LogP contribution in [0, 0.1) is 0 Å². The number of nitrogens with zero attached hydrogens (tertiary/aromatic N) is 1. The molecule has 2 rings (SSSR count). The highest BCUT2D eigenvalue weighted by Gasteiger charge is 2.15. The van der Waals surface area contributed by atoms with Gasteiger partial charge in [0.25, 0.3) is 0 Å². The lowest BCUT2D eigenvalue weighted by molar-refractivity contribution is -0.143. The van der Waals surface area contributed by atoms with Gasteiger partial charge in [-0.05, 0) is 44.2 Å². The Hall–Kier alpha value is -1.51. The zero-order chi connectivity index (χ0) is 13.5. The number of carbonyl (C=O) groups is 1. The molecule has 1 aromatic rings. The second-order valence-electron chi connectivity index (χ2n) is 4.98. The van der Waals surface area contributed by atoms with E-state index in [1.54, 1.807) is 0 Å². The molecule has 104 valence electrons. The minimum atomic E-state index is -0.0680. The average molecular weight is 261 g/mol. The molecule has 0 fully saturated rings. The van der Waals surface area contributed by atoms with Crippen LogP contribution in [0.25, 0.3) is 0 Å². The first-order chi connectivity index (χ1) is 9.31. The van der Waals surface area contributed by atoms with Crippen LogP contribution in [0.2, 0.25) is 0 Å². The summed E-state index contributed by atoms with van der Waals surface area (Å²) in [5, 5.41) is 0. The van der Waals surface area contributed by atoms with Gasteiger partial charge in [-0.25, -0.2) is 0 Å².